The van der Waals surface area contributed by atoms with Gasteiger partial charge in [0.2, 0.25) is 0 Å². The first-order valence-corrected chi connectivity index (χ1v) is 8.36. The number of hydrogen-bond donors (Lipinski definition) is 1. The normalized spacial score (nSPS) is 11.5. The smallest absolute Gasteiger partial charge is 0.194 e. The Hall–Kier alpha value is -1.88. The van der Waals surface area contributed by atoms with E-state index in [0.29, 0.717) is 6.54 Å². The molecule has 5 heteroatoms. The third-order valence-corrected chi connectivity index (χ3v) is 4.17. The predicted octanol–water partition coefficient (Wildman–Crippen LogP) is 3.36. The predicted molar refractivity (Wildman–Crippen MR) is 94.3 cm³/mol. The zero-order chi connectivity index (χ0) is 15.9. The molecule has 0 atom stereocenters. The van der Waals surface area contributed by atoms with Gasteiger partial charge < -0.3 is 10.2 Å². The fourth-order valence-corrected chi connectivity index (χ4v) is 2.84. The van der Waals surface area contributed by atoms with Crippen LogP contribution in [0.1, 0.15) is 27.9 Å². The van der Waals surface area contributed by atoms with Gasteiger partial charge in [-0.2, -0.15) is 0 Å². The van der Waals surface area contributed by atoms with Crippen LogP contribution in [-0.2, 0) is 13.1 Å². The highest BCUT2D eigenvalue weighted by molar-refractivity contribution is 7.11. The van der Waals surface area contributed by atoms with Crippen LogP contribution in [-0.4, -0.2) is 29.4 Å². The van der Waals surface area contributed by atoms with E-state index in [1.54, 1.807) is 11.3 Å². The average molecular weight is 316 g/mol. The van der Waals surface area contributed by atoms with E-state index in [4.69, 9.17) is 4.99 Å². The Kier molecular flexibility index (Phi) is 5.95. The molecular weight excluding hydrogens is 292 g/mol. The lowest BCUT2D eigenvalue weighted by Crippen LogP contribution is -2.38. The Labute approximate surface area is 136 Å². The number of nitrogens with zero attached hydrogens (tertiary/aromatic N) is 3. The molecule has 0 aliphatic rings. The quantitative estimate of drug-likeness (QED) is 0.679. The summed E-state index contributed by atoms with van der Waals surface area (Å²) in [5, 5.41) is 4.40. The Morgan fingerprint density at radius 1 is 1.27 bits per heavy atom. The summed E-state index contributed by atoms with van der Waals surface area (Å²) in [6.45, 7) is 8.58. The summed E-state index contributed by atoms with van der Waals surface area (Å²) < 4.78 is 0. The first-order valence-electron chi connectivity index (χ1n) is 7.54. The molecule has 0 amide bonds. The highest BCUT2D eigenvalue weighted by atomic mass is 32.1. The maximum Gasteiger partial charge on any atom is 0.194 e. The molecular formula is C17H24N4S. The Bertz CT molecular complexity index is 616. The van der Waals surface area contributed by atoms with Crippen LogP contribution in [0.5, 0.6) is 0 Å². The van der Waals surface area contributed by atoms with Gasteiger partial charge in [-0.3, -0.25) is 0 Å². The van der Waals surface area contributed by atoms with Crippen LogP contribution in [0, 0.1) is 13.8 Å². The summed E-state index contributed by atoms with van der Waals surface area (Å²) >= 11 is 1.70. The van der Waals surface area contributed by atoms with Crippen LogP contribution < -0.4 is 5.32 Å². The summed E-state index contributed by atoms with van der Waals surface area (Å²) in [6, 6.07) is 8.62. The van der Waals surface area contributed by atoms with E-state index < -0.39 is 0 Å². The number of nitrogens with one attached hydrogen (secondary N) is 1. The van der Waals surface area contributed by atoms with Crippen LogP contribution in [0.3, 0.4) is 0 Å². The van der Waals surface area contributed by atoms with Crippen LogP contribution in [0.25, 0.3) is 0 Å². The van der Waals surface area contributed by atoms with E-state index >= 15 is 0 Å². The molecule has 0 spiro atoms. The third-order valence-electron chi connectivity index (χ3n) is 3.27. The molecule has 0 aliphatic carbocycles. The molecule has 0 bridgehead atoms. The van der Waals surface area contributed by atoms with E-state index in [1.165, 1.54) is 16.0 Å². The highest BCUT2D eigenvalue weighted by Gasteiger charge is 2.07. The lowest BCUT2D eigenvalue weighted by Gasteiger charge is -2.22. The van der Waals surface area contributed by atoms with Gasteiger partial charge in [0.25, 0.3) is 0 Å². The van der Waals surface area contributed by atoms with Gasteiger partial charge in [-0.05, 0) is 26.3 Å². The van der Waals surface area contributed by atoms with Gasteiger partial charge in [0, 0.05) is 31.2 Å². The van der Waals surface area contributed by atoms with Crippen molar-refractivity contribution in [2.45, 2.75) is 33.9 Å². The van der Waals surface area contributed by atoms with Gasteiger partial charge >= 0.3 is 0 Å². The fraction of sp³-hybridized carbons (Fsp3) is 0.412. The van der Waals surface area contributed by atoms with E-state index in [0.717, 1.165) is 24.1 Å². The minimum absolute atomic E-state index is 0.624. The second-order valence-electron chi connectivity index (χ2n) is 5.38. The molecule has 2 rings (SSSR count). The van der Waals surface area contributed by atoms with Crippen molar-refractivity contribution >= 4 is 17.3 Å². The van der Waals surface area contributed by atoms with Crippen LogP contribution in [0.15, 0.2) is 35.5 Å². The van der Waals surface area contributed by atoms with E-state index in [1.807, 2.05) is 6.20 Å². The van der Waals surface area contributed by atoms with Crippen LogP contribution in [0.4, 0.5) is 0 Å². The Morgan fingerprint density at radius 2 is 2.00 bits per heavy atom. The Morgan fingerprint density at radius 3 is 2.59 bits per heavy atom. The second-order valence-corrected chi connectivity index (χ2v) is 6.70. The van der Waals surface area contributed by atoms with Gasteiger partial charge in [-0.15, -0.1) is 11.3 Å². The molecule has 0 saturated heterocycles. The van der Waals surface area contributed by atoms with Gasteiger partial charge in [-0.25, -0.2) is 9.98 Å². The van der Waals surface area contributed by atoms with E-state index in [-0.39, 0.29) is 0 Å². The third kappa shape index (κ3) is 4.84. The number of thiazole rings is 1. The van der Waals surface area contributed by atoms with Crippen molar-refractivity contribution in [2.75, 3.05) is 13.6 Å². The number of rotatable bonds is 5. The fourth-order valence-electron chi connectivity index (χ4n) is 2.13. The summed E-state index contributed by atoms with van der Waals surface area (Å²) in [5.74, 6) is 0.913. The zero-order valence-corrected chi connectivity index (χ0v) is 14.6. The van der Waals surface area contributed by atoms with Crippen molar-refractivity contribution in [2.24, 2.45) is 4.99 Å². The monoisotopic (exact) mass is 316 g/mol. The van der Waals surface area contributed by atoms with Gasteiger partial charge in [0.05, 0.1) is 6.54 Å². The van der Waals surface area contributed by atoms with Crippen molar-refractivity contribution < 1.29 is 0 Å². The van der Waals surface area contributed by atoms with Crippen molar-refractivity contribution in [1.29, 1.82) is 0 Å². The molecule has 0 fully saturated rings. The molecule has 118 valence electrons. The maximum atomic E-state index is 4.69. The molecule has 1 aromatic carbocycles. The summed E-state index contributed by atoms with van der Waals surface area (Å²) in [7, 11) is 2.06. The molecule has 4 nitrogen and oxygen atoms in total. The average Bonchev–Trinajstić information content (AvgIpc) is 2.91. The highest BCUT2D eigenvalue weighted by Crippen LogP contribution is 2.12. The molecule has 1 aromatic heterocycles. The topological polar surface area (TPSA) is 40.5 Å². The molecule has 1 N–H and O–H groups in total. The first kappa shape index (κ1) is 16.5. The van der Waals surface area contributed by atoms with Gasteiger partial charge in [0.15, 0.2) is 5.96 Å². The number of guanidine groups is 1. The summed E-state index contributed by atoms with van der Waals surface area (Å²) in [4.78, 5) is 12.4. The summed E-state index contributed by atoms with van der Waals surface area (Å²) in [6.07, 6.45) is 1.90. The molecule has 0 unspecified atom stereocenters. The van der Waals surface area contributed by atoms with E-state index in [2.05, 4.69) is 67.3 Å². The van der Waals surface area contributed by atoms with Crippen molar-refractivity contribution in [1.82, 2.24) is 15.2 Å². The molecule has 2 aromatic rings. The van der Waals surface area contributed by atoms with Crippen LogP contribution >= 0.6 is 11.3 Å². The van der Waals surface area contributed by atoms with Crippen molar-refractivity contribution in [3.8, 4) is 0 Å². The minimum Gasteiger partial charge on any atom is -0.357 e. The number of hydrogen-bond acceptors (Lipinski definition) is 3. The maximum absolute atomic E-state index is 4.69. The second kappa shape index (κ2) is 7.94. The number of benzene rings is 1. The number of aromatic nitrogens is 1. The van der Waals surface area contributed by atoms with Gasteiger partial charge in [0.1, 0.15) is 5.01 Å². The lowest BCUT2D eigenvalue weighted by atomic mass is 10.1. The van der Waals surface area contributed by atoms with Crippen LogP contribution in [0.2, 0.25) is 0 Å². The zero-order valence-electron chi connectivity index (χ0n) is 13.8. The molecule has 22 heavy (non-hydrogen) atoms. The largest absolute Gasteiger partial charge is 0.357 e. The van der Waals surface area contributed by atoms with E-state index in [9.17, 15) is 0 Å². The molecule has 0 radical (unpaired) electrons. The molecule has 1 heterocycles. The Balaban J connectivity index is 2.03. The lowest BCUT2D eigenvalue weighted by molar-refractivity contribution is 0.476. The molecule has 0 saturated carbocycles. The summed E-state index contributed by atoms with van der Waals surface area (Å²) in [5.41, 5.74) is 2.56. The van der Waals surface area contributed by atoms with Crippen molar-refractivity contribution in [3.63, 3.8) is 0 Å². The minimum atomic E-state index is 0.624. The number of aliphatic imine (C=N–C) groups is 1. The number of aryl methyl sites for hydroxylation is 2. The van der Waals surface area contributed by atoms with Crippen molar-refractivity contribution in [3.05, 3.63) is 51.5 Å². The van der Waals surface area contributed by atoms with Gasteiger partial charge in [-0.1, -0.05) is 29.8 Å². The SMILES string of the molecule is CCNC(=NCc1ncc(C)s1)N(C)Cc1ccc(C)cc1. The first-order chi connectivity index (χ1) is 10.6. The standard InChI is InChI=1S/C17H24N4S/c1-5-18-17(20-11-16-19-10-14(3)22-16)21(4)12-15-8-6-13(2)7-9-15/h6-10H,5,11-12H2,1-4H3,(H,18,20). The molecule has 0 aliphatic heterocycles.